The summed E-state index contributed by atoms with van der Waals surface area (Å²) >= 11 is 0. The standard InChI is InChI=1S/C22H26N6/c1-16-6-4-8-19(14-16)24-22-25-21(15-23-26-22)28-12-10-27(11-13-28)20-9-5-7-17(2)18(20)3/h4-9,14-15H,10-13H2,1-3H3,(H,24,25,26). The number of benzene rings is 2. The zero-order valence-electron chi connectivity index (χ0n) is 16.7. The highest BCUT2D eigenvalue weighted by Gasteiger charge is 2.20. The number of piperazine rings is 1. The van der Waals surface area contributed by atoms with Crippen LogP contribution in [0.4, 0.5) is 23.1 Å². The normalized spacial score (nSPS) is 14.2. The maximum absolute atomic E-state index is 4.67. The number of hydrogen-bond donors (Lipinski definition) is 1. The number of nitrogens with one attached hydrogen (secondary N) is 1. The Kier molecular flexibility index (Phi) is 5.10. The van der Waals surface area contributed by atoms with Crippen LogP contribution in [0.2, 0.25) is 0 Å². The second-order valence-corrected chi connectivity index (χ2v) is 7.33. The Morgan fingerprint density at radius 3 is 2.43 bits per heavy atom. The Labute approximate surface area is 166 Å². The van der Waals surface area contributed by atoms with Gasteiger partial charge in [0, 0.05) is 37.6 Å². The highest BCUT2D eigenvalue weighted by atomic mass is 15.3. The van der Waals surface area contributed by atoms with Crippen molar-refractivity contribution in [1.82, 2.24) is 15.2 Å². The molecular formula is C22H26N6. The molecule has 0 atom stereocenters. The number of nitrogens with zero attached hydrogens (tertiary/aromatic N) is 5. The highest BCUT2D eigenvalue weighted by Crippen LogP contribution is 2.25. The first-order valence-electron chi connectivity index (χ1n) is 9.70. The van der Waals surface area contributed by atoms with Crippen molar-refractivity contribution in [2.24, 2.45) is 0 Å². The van der Waals surface area contributed by atoms with Gasteiger partial charge >= 0.3 is 0 Å². The second-order valence-electron chi connectivity index (χ2n) is 7.33. The molecule has 3 aromatic rings. The van der Waals surface area contributed by atoms with Gasteiger partial charge in [0.25, 0.3) is 0 Å². The maximum Gasteiger partial charge on any atom is 0.249 e. The molecule has 6 nitrogen and oxygen atoms in total. The van der Waals surface area contributed by atoms with Gasteiger partial charge in [0.1, 0.15) is 0 Å². The first kappa shape index (κ1) is 18.2. The monoisotopic (exact) mass is 374 g/mol. The summed E-state index contributed by atoms with van der Waals surface area (Å²) in [6, 6.07) is 14.7. The summed E-state index contributed by atoms with van der Waals surface area (Å²) in [5.74, 6) is 1.39. The third-order valence-corrected chi connectivity index (χ3v) is 5.34. The molecule has 1 fully saturated rings. The highest BCUT2D eigenvalue weighted by molar-refractivity contribution is 5.58. The average molecular weight is 374 g/mol. The molecule has 1 N–H and O–H groups in total. The van der Waals surface area contributed by atoms with Gasteiger partial charge in [-0.15, -0.1) is 5.10 Å². The van der Waals surface area contributed by atoms with Crippen molar-refractivity contribution in [2.45, 2.75) is 20.8 Å². The fourth-order valence-electron chi connectivity index (χ4n) is 3.61. The summed E-state index contributed by atoms with van der Waals surface area (Å²) in [6.45, 7) is 10.2. The quantitative estimate of drug-likeness (QED) is 0.748. The molecule has 0 aliphatic carbocycles. The molecule has 144 valence electrons. The summed E-state index contributed by atoms with van der Waals surface area (Å²) in [7, 11) is 0. The lowest BCUT2D eigenvalue weighted by Gasteiger charge is -2.37. The van der Waals surface area contributed by atoms with Crippen molar-refractivity contribution in [1.29, 1.82) is 0 Å². The zero-order chi connectivity index (χ0) is 19.5. The van der Waals surface area contributed by atoms with E-state index >= 15 is 0 Å². The van der Waals surface area contributed by atoms with E-state index in [4.69, 9.17) is 0 Å². The molecule has 1 aliphatic heterocycles. The van der Waals surface area contributed by atoms with Gasteiger partial charge < -0.3 is 15.1 Å². The van der Waals surface area contributed by atoms with E-state index in [0.717, 1.165) is 37.7 Å². The van der Waals surface area contributed by atoms with E-state index in [0.29, 0.717) is 5.95 Å². The molecule has 1 saturated heterocycles. The van der Waals surface area contributed by atoms with Crippen LogP contribution in [0.3, 0.4) is 0 Å². The molecule has 4 rings (SSSR count). The van der Waals surface area contributed by atoms with Crippen LogP contribution in [0.15, 0.2) is 48.7 Å². The minimum atomic E-state index is 0.528. The van der Waals surface area contributed by atoms with Crippen LogP contribution >= 0.6 is 0 Å². The minimum Gasteiger partial charge on any atom is -0.368 e. The van der Waals surface area contributed by atoms with Crippen LogP contribution in [0, 0.1) is 20.8 Å². The first-order valence-corrected chi connectivity index (χ1v) is 9.70. The maximum atomic E-state index is 4.67. The molecule has 6 heteroatoms. The summed E-state index contributed by atoms with van der Waals surface area (Å²) in [6.07, 6.45) is 1.75. The SMILES string of the molecule is Cc1cccc(Nc2nncc(N3CCN(c4cccc(C)c4C)CC3)n2)c1. The molecule has 0 spiro atoms. The van der Waals surface area contributed by atoms with Crippen LogP contribution < -0.4 is 15.1 Å². The molecule has 2 aromatic carbocycles. The van der Waals surface area contributed by atoms with Gasteiger partial charge in [-0.1, -0.05) is 24.3 Å². The van der Waals surface area contributed by atoms with Gasteiger partial charge in [0.15, 0.2) is 5.82 Å². The van der Waals surface area contributed by atoms with Gasteiger partial charge in [-0.25, -0.2) is 0 Å². The largest absolute Gasteiger partial charge is 0.368 e. The molecule has 0 radical (unpaired) electrons. The van der Waals surface area contributed by atoms with Crippen LogP contribution in [0.5, 0.6) is 0 Å². The minimum absolute atomic E-state index is 0.528. The third kappa shape index (κ3) is 3.91. The molecule has 1 aromatic heterocycles. The van der Waals surface area contributed by atoms with Crippen LogP contribution in [0.1, 0.15) is 16.7 Å². The predicted octanol–water partition coefficient (Wildman–Crippen LogP) is 3.87. The number of anilines is 4. The number of rotatable bonds is 4. The molecule has 1 aliphatic rings. The van der Waals surface area contributed by atoms with Crippen molar-refractivity contribution in [2.75, 3.05) is 41.3 Å². The lowest BCUT2D eigenvalue weighted by molar-refractivity contribution is 0.643. The molecule has 2 heterocycles. The molecule has 0 unspecified atom stereocenters. The smallest absolute Gasteiger partial charge is 0.249 e. The van der Waals surface area contributed by atoms with E-state index in [9.17, 15) is 0 Å². The molecule has 28 heavy (non-hydrogen) atoms. The van der Waals surface area contributed by atoms with Gasteiger partial charge in [-0.3, -0.25) is 0 Å². The summed E-state index contributed by atoms with van der Waals surface area (Å²) in [4.78, 5) is 9.41. The molecular weight excluding hydrogens is 348 g/mol. The summed E-state index contributed by atoms with van der Waals surface area (Å²) in [5, 5.41) is 11.5. The fourth-order valence-corrected chi connectivity index (χ4v) is 3.61. The molecule has 0 amide bonds. The molecule has 0 bridgehead atoms. The molecule has 0 saturated carbocycles. The van der Waals surface area contributed by atoms with Gasteiger partial charge in [-0.2, -0.15) is 10.1 Å². The first-order chi connectivity index (χ1) is 13.6. The van der Waals surface area contributed by atoms with E-state index < -0.39 is 0 Å². The summed E-state index contributed by atoms with van der Waals surface area (Å²) in [5.41, 5.74) is 6.20. The van der Waals surface area contributed by atoms with E-state index in [-0.39, 0.29) is 0 Å². The Morgan fingerprint density at radius 2 is 1.64 bits per heavy atom. The van der Waals surface area contributed by atoms with E-state index in [2.05, 4.69) is 81.4 Å². The Hall–Kier alpha value is -3.15. The van der Waals surface area contributed by atoms with Crippen molar-refractivity contribution < 1.29 is 0 Å². The van der Waals surface area contributed by atoms with Gasteiger partial charge in [-0.05, 0) is 55.7 Å². The average Bonchev–Trinajstić information content (AvgIpc) is 2.71. The van der Waals surface area contributed by atoms with Crippen molar-refractivity contribution in [3.05, 3.63) is 65.4 Å². The van der Waals surface area contributed by atoms with Crippen LogP contribution in [0.25, 0.3) is 0 Å². The van der Waals surface area contributed by atoms with Crippen LogP contribution in [-0.4, -0.2) is 41.4 Å². The van der Waals surface area contributed by atoms with E-state index in [1.807, 2.05) is 12.1 Å². The van der Waals surface area contributed by atoms with Crippen molar-refractivity contribution in [3.63, 3.8) is 0 Å². The van der Waals surface area contributed by atoms with Gasteiger partial charge in [0.05, 0.1) is 6.20 Å². The van der Waals surface area contributed by atoms with Crippen molar-refractivity contribution in [3.8, 4) is 0 Å². The third-order valence-electron chi connectivity index (χ3n) is 5.34. The van der Waals surface area contributed by atoms with Crippen LogP contribution in [-0.2, 0) is 0 Å². The second kappa shape index (κ2) is 7.84. The Bertz CT molecular complexity index is 963. The summed E-state index contributed by atoms with van der Waals surface area (Å²) < 4.78 is 0. The van der Waals surface area contributed by atoms with Crippen molar-refractivity contribution >= 4 is 23.1 Å². The number of aromatic nitrogens is 3. The Balaban J connectivity index is 1.44. The predicted molar refractivity (Wildman–Crippen MR) is 115 cm³/mol. The topological polar surface area (TPSA) is 57.2 Å². The number of aryl methyl sites for hydroxylation is 2. The van der Waals surface area contributed by atoms with Gasteiger partial charge in [0.2, 0.25) is 5.95 Å². The van der Waals surface area contributed by atoms with E-state index in [1.54, 1.807) is 6.20 Å². The number of hydrogen-bond acceptors (Lipinski definition) is 6. The lowest BCUT2D eigenvalue weighted by atomic mass is 10.1. The zero-order valence-corrected chi connectivity index (χ0v) is 16.7. The van der Waals surface area contributed by atoms with E-state index in [1.165, 1.54) is 22.4 Å². The fraction of sp³-hybridized carbons (Fsp3) is 0.318. The Morgan fingerprint density at radius 1 is 0.893 bits per heavy atom. The lowest BCUT2D eigenvalue weighted by Crippen LogP contribution is -2.47.